The Hall–Kier alpha value is -1.32. The second-order valence-electron chi connectivity index (χ2n) is 4.87. The summed E-state index contributed by atoms with van der Waals surface area (Å²) >= 11 is 5.94. The molecule has 8 nitrogen and oxygen atoms in total. The molecule has 3 rings (SSSR count). The van der Waals surface area contributed by atoms with Crippen molar-refractivity contribution in [2.24, 2.45) is 0 Å². The zero-order valence-corrected chi connectivity index (χ0v) is 11.3. The number of halogens is 1. The topological polar surface area (TPSA) is 114 Å². The Balaban J connectivity index is 2.10. The lowest BCUT2D eigenvalue weighted by atomic mass is 9.97. The zero-order chi connectivity index (χ0) is 14.5. The third kappa shape index (κ3) is 1.80. The maximum Gasteiger partial charge on any atom is 0.183 e. The Bertz CT molecular complexity index is 646. The fourth-order valence-electron chi connectivity index (χ4n) is 2.35. The van der Waals surface area contributed by atoms with Crippen LogP contribution in [-0.2, 0) is 4.74 Å². The van der Waals surface area contributed by atoms with Crippen LogP contribution in [0.3, 0.4) is 0 Å². The van der Waals surface area contributed by atoms with Crippen molar-refractivity contribution in [1.82, 2.24) is 19.7 Å². The van der Waals surface area contributed by atoms with Gasteiger partial charge >= 0.3 is 0 Å². The minimum atomic E-state index is -1.62. The van der Waals surface area contributed by atoms with E-state index in [4.69, 9.17) is 21.4 Å². The van der Waals surface area contributed by atoms with Crippen LogP contribution in [0.25, 0.3) is 11.0 Å². The SMILES string of the molecule is C[C@]1(O)C(n2ncc3c(Cl)ncnc32)O[C@H](CO)[C@H]1O. The highest BCUT2D eigenvalue weighted by Gasteiger charge is 2.53. The molecule has 2 aromatic rings. The molecule has 1 saturated heterocycles. The third-order valence-corrected chi connectivity index (χ3v) is 3.80. The molecule has 3 N–H and O–H groups in total. The molecule has 9 heteroatoms. The van der Waals surface area contributed by atoms with Gasteiger partial charge in [0.1, 0.15) is 29.3 Å². The van der Waals surface area contributed by atoms with E-state index >= 15 is 0 Å². The molecule has 0 aromatic carbocycles. The van der Waals surface area contributed by atoms with E-state index in [0.29, 0.717) is 11.0 Å². The first-order valence-corrected chi connectivity index (χ1v) is 6.35. The molecular formula is C11H13ClN4O4. The molecule has 4 atom stereocenters. The van der Waals surface area contributed by atoms with Crippen LogP contribution in [0, 0.1) is 0 Å². The zero-order valence-electron chi connectivity index (χ0n) is 10.5. The first-order chi connectivity index (χ1) is 9.46. The van der Waals surface area contributed by atoms with Gasteiger partial charge in [0, 0.05) is 0 Å². The molecule has 108 valence electrons. The molecular weight excluding hydrogens is 288 g/mol. The summed E-state index contributed by atoms with van der Waals surface area (Å²) in [7, 11) is 0. The number of aromatic nitrogens is 4. The largest absolute Gasteiger partial charge is 0.394 e. The molecule has 0 radical (unpaired) electrons. The van der Waals surface area contributed by atoms with Gasteiger partial charge in [-0.15, -0.1) is 0 Å². The monoisotopic (exact) mass is 300 g/mol. The second-order valence-corrected chi connectivity index (χ2v) is 5.23. The molecule has 1 aliphatic rings. The highest BCUT2D eigenvalue weighted by molar-refractivity contribution is 6.33. The molecule has 0 spiro atoms. The normalized spacial score (nSPS) is 34.0. The minimum absolute atomic E-state index is 0.234. The van der Waals surface area contributed by atoms with E-state index in [1.807, 2.05) is 0 Å². The van der Waals surface area contributed by atoms with Crippen LogP contribution in [0.5, 0.6) is 0 Å². The lowest BCUT2D eigenvalue weighted by Gasteiger charge is -2.26. The van der Waals surface area contributed by atoms with Crippen molar-refractivity contribution in [3.8, 4) is 0 Å². The van der Waals surface area contributed by atoms with Crippen LogP contribution in [0.1, 0.15) is 13.2 Å². The Morgan fingerprint density at radius 2 is 2.25 bits per heavy atom. The van der Waals surface area contributed by atoms with Gasteiger partial charge in [-0.05, 0) is 6.92 Å². The molecule has 0 aliphatic carbocycles. The quantitative estimate of drug-likeness (QED) is 0.640. The average Bonchev–Trinajstić information content (AvgIpc) is 2.92. The van der Waals surface area contributed by atoms with Gasteiger partial charge in [0.25, 0.3) is 0 Å². The smallest absolute Gasteiger partial charge is 0.183 e. The van der Waals surface area contributed by atoms with Gasteiger partial charge in [0.15, 0.2) is 11.9 Å². The lowest BCUT2D eigenvalue weighted by Crippen LogP contribution is -2.44. The van der Waals surface area contributed by atoms with E-state index in [0.717, 1.165) is 0 Å². The Kier molecular flexibility index (Phi) is 3.14. The average molecular weight is 301 g/mol. The molecule has 1 aliphatic heterocycles. The van der Waals surface area contributed by atoms with E-state index in [1.54, 1.807) is 0 Å². The minimum Gasteiger partial charge on any atom is -0.394 e. The summed E-state index contributed by atoms with van der Waals surface area (Å²) in [5.41, 5.74) is -1.25. The predicted octanol–water partition coefficient (Wildman–Crippen LogP) is -0.519. The highest BCUT2D eigenvalue weighted by atomic mass is 35.5. The molecule has 0 saturated carbocycles. The number of nitrogens with zero attached hydrogens (tertiary/aromatic N) is 4. The van der Waals surface area contributed by atoms with Crippen molar-refractivity contribution < 1.29 is 20.1 Å². The fraction of sp³-hybridized carbons (Fsp3) is 0.545. The van der Waals surface area contributed by atoms with Gasteiger partial charge in [-0.3, -0.25) is 0 Å². The van der Waals surface area contributed by atoms with Crippen LogP contribution in [-0.4, -0.2) is 59.5 Å². The van der Waals surface area contributed by atoms with E-state index < -0.39 is 30.6 Å². The number of hydrogen-bond donors (Lipinski definition) is 3. The van der Waals surface area contributed by atoms with E-state index in [9.17, 15) is 10.2 Å². The number of aliphatic hydroxyl groups excluding tert-OH is 2. The molecule has 2 aromatic heterocycles. The highest BCUT2D eigenvalue weighted by Crippen LogP contribution is 2.39. The van der Waals surface area contributed by atoms with Crippen LogP contribution in [0.2, 0.25) is 5.15 Å². The van der Waals surface area contributed by atoms with Gasteiger partial charge in [-0.1, -0.05) is 11.6 Å². The molecule has 0 bridgehead atoms. The Morgan fingerprint density at radius 1 is 1.50 bits per heavy atom. The van der Waals surface area contributed by atoms with Crippen molar-refractivity contribution in [3.63, 3.8) is 0 Å². The summed E-state index contributed by atoms with van der Waals surface area (Å²) in [5.74, 6) is 0. The molecule has 0 amide bonds. The first-order valence-electron chi connectivity index (χ1n) is 5.97. The van der Waals surface area contributed by atoms with Crippen molar-refractivity contribution in [1.29, 1.82) is 0 Å². The van der Waals surface area contributed by atoms with Crippen molar-refractivity contribution in [2.75, 3.05) is 6.61 Å². The molecule has 1 fully saturated rings. The van der Waals surface area contributed by atoms with E-state index in [2.05, 4.69) is 15.1 Å². The first kappa shape index (κ1) is 13.7. The van der Waals surface area contributed by atoms with Crippen molar-refractivity contribution >= 4 is 22.6 Å². The summed E-state index contributed by atoms with van der Waals surface area (Å²) in [6.45, 7) is 0.997. The van der Waals surface area contributed by atoms with Crippen LogP contribution in [0.15, 0.2) is 12.5 Å². The number of fused-ring (bicyclic) bond motifs is 1. The fourth-order valence-corrected chi connectivity index (χ4v) is 2.53. The number of hydrogen-bond acceptors (Lipinski definition) is 7. The predicted molar refractivity (Wildman–Crippen MR) is 68.0 cm³/mol. The lowest BCUT2D eigenvalue weighted by molar-refractivity contribution is -0.100. The van der Waals surface area contributed by atoms with Gasteiger partial charge in [0.2, 0.25) is 0 Å². The van der Waals surface area contributed by atoms with Crippen molar-refractivity contribution in [3.05, 3.63) is 17.7 Å². The number of rotatable bonds is 2. The van der Waals surface area contributed by atoms with Crippen LogP contribution in [0.4, 0.5) is 0 Å². The molecule has 3 heterocycles. The maximum atomic E-state index is 10.4. The summed E-state index contributed by atoms with van der Waals surface area (Å²) in [4.78, 5) is 7.90. The van der Waals surface area contributed by atoms with Crippen molar-refractivity contribution in [2.45, 2.75) is 31.0 Å². The summed E-state index contributed by atoms with van der Waals surface area (Å²) in [6.07, 6.45) is -0.402. The van der Waals surface area contributed by atoms with E-state index in [1.165, 1.54) is 24.1 Å². The summed E-state index contributed by atoms with van der Waals surface area (Å²) in [5, 5.41) is 34.4. The van der Waals surface area contributed by atoms with Crippen LogP contribution < -0.4 is 0 Å². The van der Waals surface area contributed by atoms with Gasteiger partial charge in [0.05, 0.1) is 18.2 Å². The summed E-state index contributed by atoms with van der Waals surface area (Å²) in [6, 6.07) is 0. The third-order valence-electron chi connectivity index (χ3n) is 3.50. The van der Waals surface area contributed by atoms with Gasteiger partial charge in [-0.2, -0.15) is 5.10 Å². The standard InChI is InChI=1S/C11H13ClN4O4/c1-11(19)7(18)6(3-17)20-10(11)16-9-5(2-15-16)8(12)13-4-14-9/h2,4,6-7,10,17-19H,3H2,1H3/t6-,7-,10?,11-/m1/s1. The van der Waals surface area contributed by atoms with Gasteiger partial charge in [-0.25, -0.2) is 14.6 Å². The number of aliphatic hydroxyl groups is 3. The van der Waals surface area contributed by atoms with Crippen LogP contribution >= 0.6 is 11.6 Å². The summed E-state index contributed by atoms with van der Waals surface area (Å²) < 4.78 is 6.80. The Morgan fingerprint density at radius 3 is 2.90 bits per heavy atom. The number of ether oxygens (including phenoxy) is 1. The molecule has 1 unspecified atom stereocenters. The second kappa shape index (κ2) is 4.61. The molecule has 20 heavy (non-hydrogen) atoms. The van der Waals surface area contributed by atoms with Gasteiger partial charge < -0.3 is 20.1 Å². The maximum absolute atomic E-state index is 10.4. The Labute approximate surface area is 118 Å². The van der Waals surface area contributed by atoms with E-state index in [-0.39, 0.29) is 5.15 Å².